The van der Waals surface area contributed by atoms with Crippen LogP contribution in [-0.4, -0.2) is 39.0 Å². The van der Waals surface area contributed by atoms with Crippen LogP contribution >= 0.6 is 0 Å². The Morgan fingerprint density at radius 1 is 1.32 bits per heavy atom. The first-order valence-electron chi connectivity index (χ1n) is 6.01. The smallest absolute Gasteiger partial charge is 0.330 e. The number of nitrogens with one attached hydrogen (secondary N) is 2. The average Bonchev–Trinajstić information content (AvgIpc) is 2.34. The minimum atomic E-state index is -0.714. The Morgan fingerprint density at radius 2 is 1.89 bits per heavy atom. The molecular weight excluding hydrogens is 252 g/mol. The second kappa shape index (κ2) is 6.39. The molecule has 0 radical (unpaired) electrons. The summed E-state index contributed by atoms with van der Waals surface area (Å²) in [6.45, 7) is 3.46. The molecule has 0 aromatic carbocycles. The van der Waals surface area contributed by atoms with Crippen molar-refractivity contribution in [3.63, 3.8) is 0 Å². The first-order valence-corrected chi connectivity index (χ1v) is 6.01. The molecule has 19 heavy (non-hydrogen) atoms. The summed E-state index contributed by atoms with van der Waals surface area (Å²) in [6.07, 6.45) is 0. The Hall–Kier alpha value is -1.80. The second-order valence-corrected chi connectivity index (χ2v) is 4.73. The zero-order valence-electron chi connectivity index (χ0n) is 11.0. The molecule has 8 nitrogen and oxygen atoms in total. The lowest BCUT2D eigenvalue weighted by Gasteiger charge is -2.18. The summed E-state index contributed by atoms with van der Waals surface area (Å²) in [4.78, 5) is 25.5. The predicted octanol–water partition coefficient (Wildman–Crippen LogP) is -1.46. The second-order valence-electron chi connectivity index (χ2n) is 4.73. The van der Waals surface area contributed by atoms with Crippen LogP contribution in [0.5, 0.6) is 0 Å². The highest BCUT2D eigenvalue weighted by Crippen LogP contribution is 2.12. The summed E-state index contributed by atoms with van der Waals surface area (Å²) in [5.41, 5.74) is 4.54. The number of aliphatic hydroxyl groups excluding tert-OH is 2. The van der Waals surface area contributed by atoms with Crippen molar-refractivity contribution in [3.8, 4) is 0 Å². The van der Waals surface area contributed by atoms with Crippen LogP contribution in [0.1, 0.15) is 13.8 Å². The fraction of sp³-hybridized carbons (Fsp3) is 0.636. The summed E-state index contributed by atoms with van der Waals surface area (Å²) in [5.74, 6) is 0.166. The Labute approximate surface area is 109 Å². The molecule has 0 amide bonds. The molecule has 0 spiro atoms. The van der Waals surface area contributed by atoms with E-state index in [4.69, 9.17) is 15.9 Å². The Balaban J connectivity index is 3.25. The van der Waals surface area contributed by atoms with Crippen molar-refractivity contribution in [2.75, 3.05) is 24.3 Å². The molecule has 0 unspecified atom stereocenters. The van der Waals surface area contributed by atoms with Crippen molar-refractivity contribution in [1.82, 2.24) is 9.55 Å². The third kappa shape index (κ3) is 3.58. The van der Waals surface area contributed by atoms with E-state index < -0.39 is 17.3 Å². The molecule has 0 aliphatic heterocycles. The van der Waals surface area contributed by atoms with Crippen LogP contribution < -0.4 is 22.3 Å². The van der Waals surface area contributed by atoms with E-state index in [1.165, 1.54) is 4.57 Å². The first kappa shape index (κ1) is 15.3. The third-order valence-corrected chi connectivity index (χ3v) is 2.58. The lowest BCUT2D eigenvalue weighted by molar-refractivity contribution is 0.204. The molecule has 1 heterocycles. The largest absolute Gasteiger partial charge is 0.394 e. The monoisotopic (exact) mass is 272 g/mol. The van der Waals surface area contributed by atoms with Crippen molar-refractivity contribution >= 4 is 11.5 Å². The molecule has 0 saturated carbocycles. The number of anilines is 2. The molecule has 1 aromatic heterocycles. The van der Waals surface area contributed by atoms with E-state index in [0.717, 1.165) is 0 Å². The van der Waals surface area contributed by atoms with Crippen LogP contribution in [-0.2, 0) is 6.54 Å². The number of hydrogen-bond acceptors (Lipinski definition) is 6. The summed E-state index contributed by atoms with van der Waals surface area (Å²) in [6, 6.07) is -0.714. The number of rotatable bonds is 6. The Kier molecular flexibility index (Phi) is 5.13. The van der Waals surface area contributed by atoms with Gasteiger partial charge in [0.15, 0.2) is 0 Å². The molecule has 1 rings (SSSR count). The quantitative estimate of drug-likeness (QED) is 0.430. The fourth-order valence-electron chi connectivity index (χ4n) is 1.63. The molecular formula is C11H20N4O4. The van der Waals surface area contributed by atoms with Crippen molar-refractivity contribution in [3.05, 3.63) is 20.8 Å². The molecule has 8 heteroatoms. The number of nitrogen functional groups attached to an aromatic ring is 1. The summed E-state index contributed by atoms with van der Waals surface area (Å²) >= 11 is 0. The lowest BCUT2D eigenvalue weighted by Crippen LogP contribution is -2.38. The maximum Gasteiger partial charge on any atom is 0.330 e. The molecule has 1 aromatic rings. The number of nitrogens with zero attached hydrogens (tertiary/aromatic N) is 1. The fourth-order valence-corrected chi connectivity index (χ4v) is 1.63. The first-order chi connectivity index (χ1) is 8.90. The normalized spacial score (nSPS) is 11.3. The van der Waals surface area contributed by atoms with Gasteiger partial charge in [-0.3, -0.25) is 14.3 Å². The van der Waals surface area contributed by atoms with Crippen molar-refractivity contribution in [1.29, 1.82) is 0 Å². The van der Waals surface area contributed by atoms with Gasteiger partial charge in [0.1, 0.15) is 11.5 Å². The lowest BCUT2D eigenvalue weighted by atomic mass is 10.2. The molecule has 6 N–H and O–H groups in total. The summed E-state index contributed by atoms with van der Waals surface area (Å²) < 4.78 is 1.25. The Morgan fingerprint density at radius 3 is 2.37 bits per heavy atom. The number of H-pyrrole nitrogens is 1. The van der Waals surface area contributed by atoms with Gasteiger partial charge in [0, 0.05) is 6.54 Å². The number of aromatic nitrogens is 2. The highest BCUT2D eigenvalue weighted by molar-refractivity contribution is 5.60. The van der Waals surface area contributed by atoms with Crippen LogP contribution in [0.4, 0.5) is 11.5 Å². The molecule has 0 aliphatic rings. The molecule has 0 bridgehead atoms. The van der Waals surface area contributed by atoms with E-state index >= 15 is 0 Å². The van der Waals surface area contributed by atoms with Gasteiger partial charge in [0.05, 0.1) is 19.3 Å². The van der Waals surface area contributed by atoms with Crippen molar-refractivity contribution < 1.29 is 10.2 Å². The molecule has 108 valence electrons. The summed E-state index contributed by atoms with van der Waals surface area (Å²) in [7, 11) is 0. The van der Waals surface area contributed by atoms with Crippen LogP contribution in [0.15, 0.2) is 9.59 Å². The standard InChI is InChI=1S/C11H20N4O4/c1-6(2)3-15-9(12)8(10(18)14-11(15)19)13-7(4-16)5-17/h6-7,13,16-17H,3-5,12H2,1-2H3,(H,14,18,19). The zero-order chi connectivity index (χ0) is 14.6. The van der Waals surface area contributed by atoms with Gasteiger partial charge in [-0.1, -0.05) is 13.8 Å². The number of nitrogens with two attached hydrogens (primary N) is 1. The number of aliphatic hydroxyl groups is 2. The van der Waals surface area contributed by atoms with E-state index in [1.54, 1.807) is 0 Å². The van der Waals surface area contributed by atoms with Gasteiger partial charge in [0.25, 0.3) is 5.56 Å². The van der Waals surface area contributed by atoms with Gasteiger partial charge in [-0.15, -0.1) is 0 Å². The average molecular weight is 272 g/mol. The van der Waals surface area contributed by atoms with Gasteiger partial charge in [-0.05, 0) is 5.92 Å². The van der Waals surface area contributed by atoms with E-state index in [9.17, 15) is 9.59 Å². The van der Waals surface area contributed by atoms with Gasteiger partial charge < -0.3 is 21.3 Å². The zero-order valence-corrected chi connectivity index (χ0v) is 11.0. The minimum absolute atomic E-state index is 0.00523. The third-order valence-electron chi connectivity index (χ3n) is 2.58. The number of hydrogen-bond donors (Lipinski definition) is 5. The highest BCUT2D eigenvalue weighted by atomic mass is 16.3. The highest BCUT2D eigenvalue weighted by Gasteiger charge is 2.16. The molecule has 0 fully saturated rings. The summed E-state index contributed by atoms with van der Waals surface area (Å²) in [5, 5.41) is 20.6. The SMILES string of the molecule is CC(C)Cn1c(N)c(NC(CO)CO)c(=O)[nH]c1=O. The van der Waals surface area contributed by atoms with Gasteiger partial charge >= 0.3 is 5.69 Å². The van der Waals surface area contributed by atoms with E-state index in [-0.39, 0.29) is 30.6 Å². The topological polar surface area (TPSA) is 133 Å². The van der Waals surface area contributed by atoms with Gasteiger partial charge in [-0.2, -0.15) is 0 Å². The number of aromatic amines is 1. The van der Waals surface area contributed by atoms with E-state index in [1.807, 2.05) is 13.8 Å². The van der Waals surface area contributed by atoms with Crippen LogP contribution in [0.3, 0.4) is 0 Å². The van der Waals surface area contributed by atoms with E-state index in [0.29, 0.717) is 6.54 Å². The molecule has 0 saturated heterocycles. The maximum atomic E-state index is 11.7. The molecule has 0 aliphatic carbocycles. The maximum absolute atomic E-state index is 11.7. The van der Waals surface area contributed by atoms with Crippen molar-refractivity contribution in [2.24, 2.45) is 5.92 Å². The minimum Gasteiger partial charge on any atom is -0.394 e. The van der Waals surface area contributed by atoms with Crippen molar-refractivity contribution in [2.45, 2.75) is 26.4 Å². The molecule has 0 atom stereocenters. The Bertz CT molecular complexity index is 530. The van der Waals surface area contributed by atoms with Gasteiger partial charge in [0.2, 0.25) is 0 Å². The predicted molar refractivity (Wildman–Crippen MR) is 72.2 cm³/mol. The van der Waals surface area contributed by atoms with Crippen LogP contribution in [0.2, 0.25) is 0 Å². The van der Waals surface area contributed by atoms with E-state index in [2.05, 4.69) is 10.3 Å². The van der Waals surface area contributed by atoms with Gasteiger partial charge in [-0.25, -0.2) is 4.79 Å². The van der Waals surface area contributed by atoms with Crippen LogP contribution in [0, 0.1) is 5.92 Å². The van der Waals surface area contributed by atoms with Crippen LogP contribution in [0.25, 0.3) is 0 Å².